The fraction of sp³-hybridized carbons (Fsp3) is 0.438. The molecule has 0 atom stereocenters. The molecule has 0 aliphatic carbocycles. The summed E-state index contributed by atoms with van der Waals surface area (Å²) in [6.45, 7) is 6.41. The Kier molecular flexibility index (Phi) is 5.97. The first-order chi connectivity index (χ1) is 10.5. The van der Waals surface area contributed by atoms with Gasteiger partial charge in [-0.2, -0.15) is 0 Å². The van der Waals surface area contributed by atoms with Gasteiger partial charge in [0.25, 0.3) is 0 Å². The Morgan fingerprint density at radius 1 is 1.41 bits per heavy atom. The molecule has 2 heterocycles. The SMILES string of the molecule is CCCc1[nH]c(=S)[nH]c1C(=O)c1cnccc1SCC(C)C. The molecule has 0 aliphatic heterocycles. The van der Waals surface area contributed by atoms with Gasteiger partial charge in [0.05, 0.1) is 5.56 Å². The number of aromatic amines is 2. The topological polar surface area (TPSA) is 61.5 Å². The van der Waals surface area contributed by atoms with E-state index in [1.807, 2.05) is 6.07 Å². The Bertz CT molecular complexity index is 703. The molecule has 0 spiro atoms. The number of thioether (sulfide) groups is 1. The van der Waals surface area contributed by atoms with E-state index < -0.39 is 0 Å². The predicted molar refractivity (Wildman–Crippen MR) is 93.2 cm³/mol. The number of carbonyl (C=O) groups is 1. The Hall–Kier alpha value is -1.40. The molecule has 0 aliphatic rings. The van der Waals surface area contributed by atoms with Crippen LogP contribution in [0, 0.1) is 10.7 Å². The number of H-pyrrole nitrogens is 2. The van der Waals surface area contributed by atoms with Crippen LogP contribution in [0.2, 0.25) is 0 Å². The van der Waals surface area contributed by atoms with Crippen LogP contribution < -0.4 is 0 Å². The van der Waals surface area contributed by atoms with Crippen molar-refractivity contribution in [2.24, 2.45) is 5.92 Å². The number of nitrogens with one attached hydrogen (secondary N) is 2. The van der Waals surface area contributed by atoms with Crippen molar-refractivity contribution in [1.82, 2.24) is 15.0 Å². The van der Waals surface area contributed by atoms with Gasteiger partial charge in [0.2, 0.25) is 5.78 Å². The van der Waals surface area contributed by atoms with Crippen LogP contribution in [-0.2, 0) is 6.42 Å². The van der Waals surface area contributed by atoms with Crippen LogP contribution in [-0.4, -0.2) is 26.5 Å². The number of nitrogens with zero attached hydrogens (tertiary/aromatic N) is 1. The Balaban J connectivity index is 2.35. The average Bonchev–Trinajstić information content (AvgIpc) is 2.86. The van der Waals surface area contributed by atoms with Gasteiger partial charge in [-0.05, 0) is 30.6 Å². The van der Waals surface area contributed by atoms with Gasteiger partial charge < -0.3 is 9.97 Å². The summed E-state index contributed by atoms with van der Waals surface area (Å²) in [5.74, 6) is 1.49. The summed E-state index contributed by atoms with van der Waals surface area (Å²) in [6, 6.07) is 1.90. The van der Waals surface area contributed by atoms with Crippen molar-refractivity contribution in [3.8, 4) is 0 Å². The summed E-state index contributed by atoms with van der Waals surface area (Å²) in [5, 5.41) is 0. The monoisotopic (exact) mass is 335 g/mol. The van der Waals surface area contributed by atoms with Crippen molar-refractivity contribution in [2.75, 3.05) is 5.75 Å². The van der Waals surface area contributed by atoms with E-state index in [-0.39, 0.29) is 5.78 Å². The fourth-order valence-electron chi connectivity index (χ4n) is 2.12. The average molecular weight is 335 g/mol. The zero-order chi connectivity index (χ0) is 16.1. The standard InChI is InChI=1S/C16H21N3OS2/c1-4-5-12-14(19-16(21)18-12)15(20)11-8-17-7-6-13(11)22-9-10(2)3/h6-8,10H,4-5,9H2,1-3H3,(H2,18,19,21). The van der Waals surface area contributed by atoms with E-state index in [4.69, 9.17) is 12.2 Å². The molecule has 2 aromatic rings. The normalized spacial score (nSPS) is 11.1. The minimum Gasteiger partial charge on any atom is -0.334 e. The van der Waals surface area contributed by atoms with Gasteiger partial charge in [0.15, 0.2) is 4.77 Å². The molecular formula is C16H21N3OS2. The highest BCUT2D eigenvalue weighted by atomic mass is 32.2. The minimum atomic E-state index is -0.0462. The zero-order valence-corrected chi connectivity index (χ0v) is 14.7. The van der Waals surface area contributed by atoms with Crippen molar-refractivity contribution in [2.45, 2.75) is 38.5 Å². The lowest BCUT2D eigenvalue weighted by atomic mass is 10.1. The smallest absolute Gasteiger partial charge is 0.213 e. The minimum absolute atomic E-state index is 0.0462. The first-order valence-corrected chi connectivity index (χ1v) is 8.85. The van der Waals surface area contributed by atoms with E-state index in [0.29, 0.717) is 21.9 Å². The Labute approximate surface area is 140 Å². The summed E-state index contributed by atoms with van der Waals surface area (Å²) in [5.41, 5.74) is 2.07. The molecule has 0 radical (unpaired) electrons. The van der Waals surface area contributed by atoms with E-state index in [0.717, 1.165) is 29.2 Å². The summed E-state index contributed by atoms with van der Waals surface area (Å²) < 4.78 is 0.493. The number of ketones is 1. The lowest BCUT2D eigenvalue weighted by molar-refractivity contribution is 0.103. The number of rotatable bonds is 7. The van der Waals surface area contributed by atoms with Crippen molar-refractivity contribution in [3.05, 3.63) is 40.2 Å². The molecule has 0 unspecified atom stereocenters. The van der Waals surface area contributed by atoms with E-state index in [2.05, 4.69) is 35.7 Å². The van der Waals surface area contributed by atoms with Crippen molar-refractivity contribution in [3.63, 3.8) is 0 Å². The Morgan fingerprint density at radius 3 is 2.86 bits per heavy atom. The van der Waals surface area contributed by atoms with Crippen LogP contribution in [0.15, 0.2) is 23.4 Å². The van der Waals surface area contributed by atoms with Crippen LogP contribution in [0.3, 0.4) is 0 Å². The van der Waals surface area contributed by atoms with Gasteiger partial charge in [0, 0.05) is 28.7 Å². The summed E-state index contributed by atoms with van der Waals surface area (Å²) >= 11 is 6.83. The third-order valence-electron chi connectivity index (χ3n) is 3.13. The second kappa shape index (κ2) is 7.74. The first kappa shape index (κ1) is 17.0. The summed E-state index contributed by atoms with van der Waals surface area (Å²) in [7, 11) is 0. The van der Waals surface area contributed by atoms with Gasteiger partial charge >= 0.3 is 0 Å². The number of aromatic nitrogens is 3. The van der Waals surface area contributed by atoms with Gasteiger partial charge in [-0.15, -0.1) is 11.8 Å². The number of imidazole rings is 1. The highest BCUT2D eigenvalue weighted by Crippen LogP contribution is 2.26. The molecule has 0 aromatic carbocycles. The van der Waals surface area contributed by atoms with Gasteiger partial charge in [-0.25, -0.2) is 0 Å². The van der Waals surface area contributed by atoms with E-state index >= 15 is 0 Å². The lowest BCUT2D eigenvalue weighted by Gasteiger charge is -2.09. The molecule has 22 heavy (non-hydrogen) atoms. The highest BCUT2D eigenvalue weighted by molar-refractivity contribution is 7.99. The van der Waals surface area contributed by atoms with Crippen LogP contribution in [0.25, 0.3) is 0 Å². The first-order valence-electron chi connectivity index (χ1n) is 7.45. The van der Waals surface area contributed by atoms with E-state index in [1.54, 1.807) is 24.2 Å². The van der Waals surface area contributed by atoms with E-state index in [9.17, 15) is 4.79 Å². The van der Waals surface area contributed by atoms with E-state index in [1.165, 1.54) is 0 Å². The molecule has 2 rings (SSSR count). The summed E-state index contributed by atoms with van der Waals surface area (Å²) in [6.07, 6.45) is 5.12. The molecule has 0 amide bonds. The zero-order valence-electron chi connectivity index (χ0n) is 13.1. The van der Waals surface area contributed by atoms with Crippen molar-refractivity contribution < 1.29 is 4.79 Å². The van der Waals surface area contributed by atoms with Crippen LogP contribution in [0.4, 0.5) is 0 Å². The molecule has 2 aromatic heterocycles. The molecule has 2 N–H and O–H groups in total. The molecule has 0 saturated carbocycles. The summed E-state index contributed by atoms with van der Waals surface area (Å²) in [4.78, 5) is 24.0. The second-order valence-corrected chi connectivity index (χ2v) is 7.06. The number of aryl methyl sites for hydroxylation is 1. The molecule has 0 fully saturated rings. The largest absolute Gasteiger partial charge is 0.334 e. The number of hydrogen-bond acceptors (Lipinski definition) is 4. The van der Waals surface area contributed by atoms with Gasteiger partial charge in [-0.1, -0.05) is 27.2 Å². The molecule has 4 nitrogen and oxygen atoms in total. The Morgan fingerprint density at radius 2 is 2.18 bits per heavy atom. The maximum absolute atomic E-state index is 12.9. The van der Waals surface area contributed by atoms with Crippen LogP contribution in [0.5, 0.6) is 0 Å². The molecular weight excluding hydrogens is 314 g/mol. The number of hydrogen-bond donors (Lipinski definition) is 2. The van der Waals surface area contributed by atoms with Crippen molar-refractivity contribution >= 4 is 29.8 Å². The number of pyridine rings is 1. The molecule has 0 saturated heterocycles. The van der Waals surface area contributed by atoms with Gasteiger partial charge in [0.1, 0.15) is 5.69 Å². The molecule has 118 valence electrons. The third-order valence-corrected chi connectivity index (χ3v) is 4.83. The van der Waals surface area contributed by atoms with Crippen molar-refractivity contribution in [1.29, 1.82) is 0 Å². The lowest BCUT2D eigenvalue weighted by Crippen LogP contribution is -2.08. The number of carbonyl (C=O) groups excluding carboxylic acids is 1. The fourth-order valence-corrected chi connectivity index (χ4v) is 3.32. The quantitative estimate of drug-likeness (QED) is 0.447. The maximum atomic E-state index is 12.9. The highest BCUT2D eigenvalue weighted by Gasteiger charge is 2.19. The molecule has 6 heteroatoms. The maximum Gasteiger partial charge on any atom is 0.213 e. The third kappa shape index (κ3) is 4.08. The second-order valence-electron chi connectivity index (χ2n) is 5.59. The van der Waals surface area contributed by atoms with Crippen LogP contribution in [0.1, 0.15) is 48.9 Å². The predicted octanol–water partition coefficient (Wildman–Crippen LogP) is 4.40. The van der Waals surface area contributed by atoms with Gasteiger partial charge in [-0.3, -0.25) is 9.78 Å². The van der Waals surface area contributed by atoms with Crippen LogP contribution >= 0.6 is 24.0 Å². The molecule has 0 bridgehead atoms.